The summed E-state index contributed by atoms with van der Waals surface area (Å²) in [6.07, 6.45) is 3.29. The number of rotatable bonds is 6. The van der Waals surface area contributed by atoms with Crippen molar-refractivity contribution in [2.24, 2.45) is 0 Å². The highest BCUT2D eigenvalue weighted by Crippen LogP contribution is 2.33. The quantitative estimate of drug-likeness (QED) is 0.711. The highest BCUT2D eigenvalue weighted by Gasteiger charge is 2.31. The van der Waals surface area contributed by atoms with Crippen molar-refractivity contribution in [3.8, 4) is 5.75 Å². The molecule has 1 aliphatic carbocycles. The Bertz CT molecular complexity index is 911. The molecular weight excluding hydrogens is 393 g/mol. The Balaban J connectivity index is 1.30. The topological polar surface area (TPSA) is 38.4 Å². The lowest BCUT2D eigenvalue weighted by atomic mass is 9.87. The molecule has 4 rings (SSSR count). The lowest BCUT2D eigenvalue weighted by molar-refractivity contribution is -1.02. The monoisotopic (exact) mass is 427 g/mol. The number of halogens is 1. The number of benzene rings is 2. The maximum atomic E-state index is 13.7. The number of fused-ring (bicyclic) bond motifs is 1. The van der Waals surface area contributed by atoms with E-state index in [1.807, 2.05) is 11.9 Å². The lowest BCUT2D eigenvalue weighted by Gasteiger charge is -2.35. The van der Waals surface area contributed by atoms with Crippen LogP contribution in [0.5, 0.6) is 5.75 Å². The van der Waals surface area contributed by atoms with Gasteiger partial charge in [-0.05, 0) is 48.6 Å². The summed E-state index contributed by atoms with van der Waals surface area (Å²) < 4.78 is 19.0. The summed E-state index contributed by atoms with van der Waals surface area (Å²) in [4.78, 5) is 17.8. The number of hydrogen-bond acceptors (Lipinski definition) is 2. The average Bonchev–Trinajstić information content (AvgIpc) is 2.79. The van der Waals surface area contributed by atoms with E-state index in [-0.39, 0.29) is 17.8 Å². The standard InChI is InChI=1S/C25H32FN3O2/c1-27(23-9-5-7-19-6-3-4-8-22(19)23)25(30)18-29-14-12-28(13-15-29)17-20-16-21(26)10-11-24(20)31-2/h3-4,6,8,10-11,16,23H,5,7,9,12-15,17-18H2,1-2H3/p+2/t23-/m1/s1. The van der Waals surface area contributed by atoms with E-state index in [0.29, 0.717) is 6.54 Å². The molecule has 2 aromatic rings. The van der Waals surface area contributed by atoms with Crippen molar-refractivity contribution in [2.75, 3.05) is 46.9 Å². The third-order valence-electron chi connectivity index (χ3n) is 6.95. The fourth-order valence-electron chi connectivity index (χ4n) is 5.11. The fraction of sp³-hybridized carbons (Fsp3) is 0.480. The van der Waals surface area contributed by atoms with Crippen molar-refractivity contribution in [3.05, 3.63) is 65.0 Å². The first-order valence-corrected chi connectivity index (χ1v) is 11.4. The summed E-state index contributed by atoms with van der Waals surface area (Å²) in [6, 6.07) is 13.5. The molecule has 6 heteroatoms. The van der Waals surface area contributed by atoms with Crippen molar-refractivity contribution in [1.82, 2.24) is 4.90 Å². The zero-order chi connectivity index (χ0) is 21.8. The lowest BCUT2D eigenvalue weighted by Crippen LogP contribution is -3.28. The van der Waals surface area contributed by atoms with Gasteiger partial charge in [0.05, 0.1) is 18.7 Å². The zero-order valence-corrected chi connectivity index (χ0v) is 18.6. The van der Waals surface area contributed by atoms with Crippen LogP contribution < -0.4 is 14.5 Å². The molecule has 0 spiro atoms. The van der Waals surface area contributed by atoms with E-state index in [9.17, 15) is 9.18 Å². The van der Waals surface area contributed by atoms with Gasteiger partial charge >= 0.3 is 0 Å². The maximum absolute atomic E-state index is 13.7. The first kappa shape index (κ1) is 21.8. The van der Waals surface area contributed by atoms with Crippen LogP contribution in [-0.2, 0) is 17.8 Å². The van der Waals surface area contributed by atoms with Gasteiger partial charge in [-0.2, -0.15) is 0 Å². The van der Waals surface area contributed by atoms with Crippen LogP contribution in [0.3, 0.4) is 0 Å². The number of carbonyl (C=O) groups excluding carboxylic acids is 1. The van der Waals surface area contributed by atoms with Gasteiger partial charge in [0.15, 0.2) is 6.54 Å². The second-order valence-corrected chi connectivity index (χ2v) is 8.92. The molecule has 0 saturated carbocycles. The number of quaternary nitrogens is 2. The average molecular weight is 428 g/mol. The molecule has 2 aromatic carbocycles. The van der Waals surface area contributed by atoms with Crippen LogP contribution in [0.15, 0.2) is 42.5 Å². The Kier molecular flexibility index (Phi) is 6.88. The summed E-state index contributed by atoms with van der Waals surface area (Å²) in [7, 11) is 3.59. The van der Waals surface area contributed by atoms with Gasteiger partial charge in [0.25, 0.3) is 5.91 Å². The Morgan fingerprint density at radius 3 is 2.65 bits per heavy atom. The van der Waals surface area contributed by atoms with E-state index in [4.69, 9.17) is 4.74 Å². The van der Waals surface area contributed by atoms with Crippen molar-refractivity contribution in [2.45, 2.75) is 31.8 Å². The molecule has 0 aromatic heterocycles. The molecule has 2 aliphatic rings. The first-order chi connectivity index (χ1) is 15.0. The SMILES string of the molecule is COc1ccc(F)cc1C[NH+]1CC[NH+](CC(=O)N(C)[C@@H]2CCCc3ccccc32)CC1. The van der Waals surface area contributed by atoms with Crippen LogP contribution in [0.1, 0.15) is 35.6 Å². The molecule has 166 valence electrons. The largest absolute Gasteiger partial charge is 0.496 e. The van der Waals surface area contributed by atoms with Gasteiger partial charge in [-0.15, -0.1) is 0 Å². The third-order valence-corrected chi connectivity index (χ3v) is 6.95. The van der Waals surface area contributed by atoms with Crippen molar-refractivity contribution in [1.29, 1.82) is 0 Å². The molecule has 1 aliphatic heterocycles. The number of piperazine rings is 1. The molecule has 31 heavy (non-hydrogen) atoms. The number of amides is 1. The number of hydrogen-bond donors (Lipinski definition) is 2. The number of nitrogens with one attached hydrogen (secondary N) is 2. The second-order valence-electron chi connectivity index (χ2n) is 8.92. The number of nitrogens with zero attached hydrogens (tertiary/aromatic N) is 1. The molecule has 1 heterocycles. The fourth-order valence-corrected chi connectivity index (χ4v) is 5.11. The van der Waals surface area contributed by atoms with E-state index in [1.54, 1.807) is 19.2 Å². The predicted octanol–water partition coefficient (Wildman–Crippen LogP) is 0.654. The number of methoxy groups -OCH3 is 1. The van der Waals surface area contributed by atoms with E-state index in [1.165, 1.54) is 27.0 Å². The Labute approximate surface area is 184 Å². The van der Waals surface area contributed by atoms with Crippen LogP contribution in [0, 0.1) is 5.82 Å². The number of carbonyl (C=O) groups is 1. The van der Waals surface area contributed by atoms with Gasteiger partial charge in [0, 0.05) is 7.05 Å². The van der Waals surface area contributed by atoms with Crippen molar-refractivity contribution in [3.63, 3.8) is 0 Å². The van der Waals surface area contributed by atoms with E-state index >= 15 is 0 Å². The summed E-state index contributed by atoms with van der Waals surface area (Å²) in [6.45, 7) is 5.14. The minimum absolute atomic E-state index is 0.198. The molecule has 0 radical (unpaired) electrons. The third kappa shape index (κ3) is 5.08. The van der Waals surface area contributed by atoms with Gasteiger partial charge in [0.1, 0.15) is 44.3 Å². The Morgan fingerprint density at radius 1 is 1.13 bits per heavy atom. The van der Waals surface area contributed by atoms with Gasteiger partial charge in [-0.3, -0.25) is 4.79 Å². The van der Waals surface area contributed by atoms with Gasteiger partial charge < -0.3 is 19.4 Å². The summed E-state index contributed by atoms with van der Waals surface area (Å²) in [5.74, 6) is 0.748. The Hall–Kier alpha value is -2.44. The van der Waals surface area contributed by atoms with E-state index < -0.39 is 0 Å². The van der Waals surface area contributed by atoms with Crippen molar-refractivity contribution >= 4 is 5.91 Å². The maximum Gasteiger partial charge on any atom is 0.278 e. The van der Waals surface area contributed by atoms with Crippen molar-refractivity contribution < 1.29 is 23.7 Å². The zero-order valence-electron chi connectivity index (χ0n) is 18.6. The molecule has 0 bridgehead atoms. The molecule has 1 saturated heterocycles. The van der Waals surface area contributed by atoms with Crippen LogP contribution in [0.4, 0.5) is 4.39 Å². The normalized spacial score (nSPS) is 23.1. The Morgan fingerprint density at radius 2 is 1.87 bits per heavy atom. The molecule has 1 amide bonds. The van der Waals surface area contributed by atoms with Gasteiger partial charge in [-0.25, -0.2) is 4.39 Å². The van der Waals surface area contributed by atoms with Crippen LogP contribution in [0.25, 0.3) is 0 Å². The van der Waals surface area contributed by atoms with E-state index in [0.717, 1.165) is 63.3 Å². The number of ether oxygens (including phenoxy) is 1. The minimum Gasteiger partial charge on any atom is -0.496 e. The summed E-state index contributed by atoms with van der Waals surface area (Å²) in [5.41, 5.74) is 3.61. The minimum atomic E-state index is -0.225. The number of aryl methyl sites for hydroxylation is 1. The second kappa shape index (κ2) is 9.79. The van der Waals surface area contributed by atoms with E-state index in [2.05, 4.69) is 24.3 Å². The smallest absolute Gasteiger partial charge is 0.278 e. The predicted molar refractivity (Wildman–Crippen MR) is 118 cm³/mol. The highest BCUT2D eigenvalue weighted by atomic mass is 19.1. The molecule has 1 fully saturated rings. The van der Waals surface area contributed by atoms with Crippen LogP contribution >= 0.6 is 0 Å². The highest BCUT2D eigenvalue weighted by molar-refractivity contribution is 5.77. The first-order valence-electron chi connectivity index (χ1n) is 11.4. The summed E-state index contributed by atoms with van der Waals surface area (Å²) in [5, 5.41) is 0. The van der Waals surface area contributed by atoms with Gasteiger partial charge in [0.2, 0.25) is 0 Å². The molecule has 2 N–H and O–H groups in total. The van der Waals surface area contributed by atoms with Crippen LogP contribution in [-0.4, -0.2) is 57.7 Å². The molecule has 1 atom stereocenters. The molecular formula is C25H34FN3O2+2. The molecule has 0 unspecified atom stereocenters. The van der Waals surface area contributed by atoms with Crippen LogP contribution in [0.2, 0.25) is 0 Å². The number of likely N-dealkylation sites (N-methyl/N-ethyl adjacent to an activating group) is 1. The molecule has 5 nitrogen and oxygen atoms in total. The summed E-state index contributed by atoms with van der Waals surface area (Å²) >= 11 is 0. The van der Waals surface area contributed by atoms with Gasteiger partial charge in [-0.1, -0.05) is 24.3 Å².